The molecule has 0 fully saturated rings. The van der Waals surface area contributed by atoms with Crippen LogP contribution in [0.1, 0.15) is 79.1 Å². The second-order valence-electron chi connectivity index (χ2n) is 10.6. The van der Waals surface area contributed by atoms with Gasteiger partial charge in [0.05, 0.1) is 0 Å². The van der Waals surface area contributed by atoms with Crippen LogP contribution >= 0.6 is 35.8 Å². The third-order valence-electron chi connectivity index (χ3n) is 6.96. The Kier molecular flexibility index (Phi) is 12.0. The second kappa shape index (κ2) is 15.5. The molecule has 2 aromatic heterocycles. The van der Waals surface area contributed by atoms with Gasteiger partial charge in [-0.1, -0.05) is 26.7 Å². The van der Waals surface area contributed by atoms with Crippen molar-refractivity contribution in [1.29, 1.82) is 0 Å². The van der Waals surface area contributed by atoms with Gasteiger partial charge in [0.1, 0.15) is 10.6 Å². The average Bonchev–Trinajstić information content (AvgIpc) is 3.40. The SMILES string of the molecule is CCCC/C=N\NC1=NC(C)(CCC2(C)N=C(N/N=C\CCCC)SP2(=O)Nc2ncccn2)P(=O)(Nc2ncccn2)S1. The van der Waals surface area contributed by atoms with Gasteiger partial charge in [-0.3, -0.25) is 30.2 Å². The van der Waals surface area contributed by atoms with Gasteiger partial charge < -0.3 is 0 Å². The van der Waals surface area contributed by atoms with E-state index in [1.165, 1.54) is 0 Å². The molecule has 0 amide bonds. The van der Waals surface area contributed by atoms with Crippen molar-refractivity contribution in [3.05, 3.63) is 36.9 Å². The number of hydrogen-bond acceptors (Lipinski definition) is 14. The normalized spacial score (nSPS) is 28.3. The van der Waals surface area contributed by atoms with Crippen LogP contribution in [0, 0.1) is 0 Å². The molecule has 4 atom stereocenters. The van der Waals surface area contributed by atoms with Crippen molar-refractivity contribution < 1.29 is 9.13 Å². The zero-order valence-corrected chi connectivity index (χ0v) is 28.8. The molecule has 2 aliphatic heterocycles. The first-order valence-corrected chi connectivity index (χ1v) is 20.8. The van der Waals surface area contributed by atoms with E-state index in [1.807, 2.05) is 13.8 Å². The zero-order chi connectivity index (χ0) is 31.5. The van der Waals surface area contributed by atoms with Crippen LogP contribution in [0.2, 0.25) is 0 Å². The molecular weight excluding hydrogens is 638 g/mol. The highest BCUT2D eigenvalue weighted by Crippen LogP contribution is 2.76. The number of aliphatic imine (C=N–C) groups is 2. The second-order valence-corrected chi connectivity index (χ2v) is 20.5. The number of unbranched alkanes of at least 4 members (excludes halogenated alkanes) is 4. The molecule has 0 saturated heterocycles. The van der Waals surface area contributed by atoms with Gasteiger partial charge >= 0.3 is 0 Å². The van der Waals surface area contributed by atoms with Crippen LogP contribution in [-0.2, 0) is 9.13 Å². The summed E-state index contributed by atoms with van der Waals surface area (Å²) in [5.41, 5.74) is 5.91. The van der Waals surface area contributed by atoms with E-state index in [2.05, 4.69) is 65.0 Å². The minimum atomic E-state index is -3.40. The number of hydrazone groups is 2. The lowest BCUT2D eigenvalue weighted by Gasteiger charge is -2.33. The molecule has 0 spiro atoms. The molecule has 0 bridgehead atoms. The Labute approximate surface area is 266 Å². The van der Waals surface area contributed by atoms with Gasteiger partial charge in [-0.15, -0.1) is 0 Å². The predicted octanol–water partition coefficient (Wildman–Crippen LogP) is 7.13. The van der Waals surface area contributed by atoms with E-state index in [1.54, 1.807) is 49.3 Å². The molecule has 4 rings (SSSR count). The summed E-state index contributed by atoms with van der Waals surface area (Å²) in [6, 6.07) is 3.38. The van der Waals surface area contributed by atoms with Gasteiger partial charge in [-0.2, -0.15) is 10.2 Å². The Morgan fingerprint density at radius 2 is 1.11 bits per heavy atom. The van der Waals surface area contributed by atoms with Gasteiger partial charge in [0, 0.05) is 60.0 Å². The molecule has 14 nitrogen and oxygen atoms in total. The summed E-state index contributed by atoms with van der Waals surface area (Å²) in [6.07, 6.45) is 16.3. The number of amidine groups is 2. The van der Waals surface area contributed by atoms with Crippen molar-refractivity contribution in [1.82, 2.24) is 30.8 Å². The number of aromatic nitrogens is 4. The van der Waals surface area contributed by atoms with Crippen molar-refractivity contribution in [2.24, 2.45) is 20.2 Å². The Morgan fingerprint density at radius 1 is 0.727 bits per heavy atom. The smallest absolute Gasteiger partial charge is 0.259 e. The van der Waals surface area contributed by atoms with Gasteiger partial charge in [0.2, 0.25) is 11.9 Å². The molecule has 2 aromatic rings. The minimum Gasteiger partial charge on any atom is -0.295 e. The van der Waals surface area contributed by atoms with Crippen LogP contribution in [0.25, 0.3) is 0 Å². The van der Waals surface area contributed by atoms with Crippen molar-refractivity contribution in [2.45, 2.75) is 89.6 Å². The predicted molar refractivity (Wildman–Crippen MR) is 185 cm³/mol. The average molecular weight is 679 g/mol. The van der Waals surface area contributed by atoms with Crippen LogP contribution in [0.3, 0.4) is 0 Å². The lowest BCUT2D eigenvalue weighted by atomic mass is 10.1. The third kappa shape index (κ3) is 8.47. The summed E-state index contributed by atoms with van der Waals surface area (Å²) in [4.78, 5) is 26.6. The maximum Gasteiger partial charge on any atom is 0.259 e. The number of hydrogen-bond donors (Lipinski definition) is 4. The van der Waals surface area contributed by atoms with E-state index in [4.69, 9.17) is 9.98 Å². The largest absolute Gasteiger partial charge is 0.295 e. The van der Waals surface area contributed by atoms with Gasteiger partial charge in [-0.05, 0) is 64.5 Å². The lowest BCUT2D eigenvalue weighted by molar-refractivity contribution is 0.464. The fourth-order valence-electron chi connectivity index (χ4n) is 4.21. The Balaban J connectivity index is 1.60. The molecule has 44 heavy (non-hydrogen) atoms. The van der Waals surface area contributed by atoms with Crippen LogP contribution in [0.15, 0.2) is 57.1 Å². The van der Waals surface area contributed by atoms with Gasteiger partial charge in [0.25, 0.3) is 13.0 Å². The Bertz CT molecular complexity index is 1350. The molecule has 0 radical (unpaired) electrons. The maximum atomic E-state index is 14.6. The van der Waals surface area contributed by atoms with Crippen LogP contribution in [0.4, 0.5) is 11.9 Å². The van der Waals surface area contributed by atoms with Crippen LogP contribution in [-0.4, -0.2) is 53.3 Å². The number of nitrogens with one attached hydrogen (secondary N) is 4. The number of rotatable bonds is 15. The first-order valence-electron chi connectivity index (χ1n) is 14.6. The fraction of sp³-hybridized carbons (Fsp3) is 0.538. The highest BCUT2D eigenvalue weighted by Gasteiger charge is 2.57. The first-order chi connectivity index (χ1) is 21.1. The van der Waals surface area contributed by atoms with Crippen molar-refractivity contribution in [3.8, 4) is 0 Å². The highest BCUT2D eigenvalue weighted by molar-refractivity contribution is 8.66. The summed E-state index contributed by atoms with van der Waals surface area (Å²) in [5, 5.41) is 13.3. The molecule has 0 aromatic carbocycles. The molecule has 0 saturated carbocycles. The minimum absolute atomic E-state index is 0.235. The zero-order valence-electron chi connectivity index (χ0n) is 25.4. The maximum absolute atomic E-state index is 14.6. The summed E-state index contributed by atoms with van der Waals surface area (Å²) in [7, 11) is 0. The van der Waals surface area contributed by atoms with E-state index in [-0.39, 0.29) is 24.7 Å². The summed E-state index contributed by atoms with van der Waals surface area (Å²) >= 11 is 2.19. The van der Waals surface area contributed by atoms with Crippen LogP contribution in [0.5, 0.6) is 0 Å². The molecule has 4 N–H and O–H groups in total. The quantitative estimate of drug-likeness (QED) is 0.0648. The van der Waals surface area contributed by atoms with Gasteiger partial charge in [0.15, 0.2) is 10.3 Å². The molecule has 2 aliphatic rings. The standard InChI is InChI=1S/C26H40N12O2P2S2/c1-5-7-9-19-31-35-23-33-25(3,41(39,43-23)37-21-27-15-11-16-28-21)13-14-26(4)34-24(36-32-20-10-8-6-2)44-42(26,40)38-22-29-17-12-18-30-22/h11-12,15-20H,5-10,13-14H2,1-4H3,(H,33,35)(H,34,36)(H,27,28,37,39)(H,29,30,38,40)/b31-19-,32-20-. The summed E-state index contributed by atoms with van der Waals surface area (Å²) in [6.45, 7) is 1.07. The van der Waals surface area contributed by atoms with Crippen LogP contribution < -0.4 is 21.0 Å². The molecule has 238 valence electrons. The molecule has 18 heteroatoms. The molecule has 4 unspecified atom stereocenters. The van der Waals surface area contributed by atoms with Gasteiger partial charge in [-0.25, -0.2) is 29.9 Å². The monoisotopic (exact) mass is 678 g/mol. The highest BCUT2D eigenvalue weighted by atomic mass is 32.7. The lowest BCUT2D eigenvalue weighted by Crippen LogP contribution is -2.29. The molecule has 0 aliphatic carbocycles. The van der Waals surface area contributed by atoms with E-state index in [0.29, 0.717) is 10.3 Å². The van der Waals surface area contributed by atoms with Crippen molar-refractivity contribution in [3.63, 3.8) is 0 Å². The topological polar surface area (TPSA) is 183 Å². The van der Waals surface area contributed by atoms with E-state index in [0.717, 1.165) is 61.3 Å². The number of nitrogens with zero attached hydrogens (tertiary/aromatic N) is 8. The van der Waals surface area contributed by atoms with E-state index < -0.39 is 23.5 Å². The first kappa shape index (κ1) is 34.1. The third-order valence-corrected chi connectivity index (χ3v) is 17.8. The summed E-state index contributed by atoms with van der Waals surface area (Å²) in [5.74, 6) is 0.471. The molecular formula is C26H40N12O2P2S2. The fourth-order valence-corrected chi connectivity index (χ4v) is 13.2. The van der Waals surface area contributed by atoms with E-state index >= 15 is 0 Å². The Hall–Kier alpha value is -2.80. The van der Waals surface area contributed by atoms with Crippen molar-refractivity contribution in [2.75, 3.05) is 10.2 Å². The molecule has 4 heterocycles. The number of anilines is 2. The summed E-state index contributed by atoms with van der Waals surface area (Å²) < 4.78 is 29.2. The Morgan fingerprint density at radius 3 is 1.48 bits per heavy atom. The van der Waals surface area contributed by atoms with Crippen molar-refractivity contribution >= 4 is 70.4 Å². The van der Waals surface area contributed by atoms with E-state index in [9.17, 15) is 9.13 Å².